The quantitative estimate of drug-likeness (QED) is 0.694. The minimum Gasteiger partial charge on any atom is -0.497 e. The lowest BCUT2D eigenvalue weighted by Crippen LogP contribution is -2.29. The van der Waals surface area contributed by atoms with Gasteiger partial charge in [-0.05, 0) is 54.4 Å². The Bertz CT molecular complexity index is 1170. The van der Waals surface area contributed by atoms with Gasteiger partial charge in [-0.15, -0.1) is 0 Å². The lowest BCUT2D eigenvalue weighted by Gasteiger charge is -2.22. The van der Waals surface area contributed by atoms with E-state index in [9.17, 15) is 13.2 Å². The molecule has 0 saturated heterocycles. The van der Waals surface area contributed by atoms with Gasteiger partial charge in [-0.3, -0.25) is 9.29 Å². The van der Waals surface area contributed by atoms with Crippen molar-refractivity contribution in [1.29, 1.82) is 0 Å². The average Bonchev–Trinajstić information content (AvgIpc) is 3.19. The van der Waals surface area contributed by atoms with E-state index in [4.69, 9.17) is 9.84 Å². The number of fused-ring (bicyclic) bond motifs is 1. The molecule has 8 heteroatoms. The second kappa shape index (κ2) is 7.21. The molecule has 1 N–H and O–H groups in total. The molecule has 0 amide bonds. The number of rotatable bonds is 5. The van der Waals surface area contributed by atoms with Crippen molar-refractivity contribution in [1.82, 2.24) is 4.98 Å². The third kappa shape index (κ3) is 3.31. The second-order valence-electron chi connectivity index (χ2n) is 6.55. The molecule has 1 aromatic heterocycles. The standard InChI is InChI=1S/C21H18N2O5S/c1-28-17-6-8-18(9-7-17)29(26,27)23-13-11-15-10-12-22-19(20(15)23)14-2-4-16(5-3-14)21(24)25/h2-10,12H,11,13H2,1H3,(H,24,25). The summed E-state index contributed by atoms with van der Waals surface area (Å²) in [7, 11) is -2.26. The average molecular weight is 410 g/mol. The van der Waals surface area contributed by atoms with Crippen LogP contribution in [0.25, 0.3) is 11.3 Å². The number of pyridine rings is 1. The van der Waals surface area contributed by atoms with Crippen molar-refractivity contribution >= 4 is 21.7 Å². The molecule has 0 bridgehead atoms. The number of anilines is 1. The van der Waals surface area contributed by atoms with Gasteiger partial charge in [0.1, 0.15) is 5.75 Å². The van der Waals surface area contributed by atoms with Crippen LogP contribution in [-0.4, -0.2) is 38.1 Å². The third-order valence-corrected chi connectivity index (χ3v) is 6.71. The van der Waals surface area contributed by atoms with Crippen LogP contribution in [0.4, 0.5) is 5.69 Å². The lowest BCUT2D eigenvalue weighted by molar-refractivity contribution is 0.0697. The number of nitrogens with zero attached hydrogens (tertiary/aromatic N) is 2. The van der Waals surface area contributed by atoms with Gasteiger partial charge in [0.25, 0.3) is 10.0 Å². The molecule has 0 spiro atoms. The van der Waals surface area contributed by atoms with Crippen LogP contribution in [0.5, 0.6) is 5.75 Å². The Morgan fingerprint density at radius 1 is 1.07 bits per heavy atom. The van der Waals surface area contributed by atoms with Gasteiger partial charge >= 0.3 is 5.97 Å². The summed E-state index contributed by atoms with van der Waals surface area (Å²) in [4.78, 5) is 15.7. The molecule has 0 unspecified atom stereocenters. The van der Waals surface area contributed by atoms with Crippen molar-refractivity contribution < 1.29 is 23.1 Å². The number of sulfonamides is 1. The fourth-order valence-electron chi connectivity index (χ4n) is 3.40. The Morgan fingerprint density at radius 2 is 1.76 bits per heavy atom. The van der Waals surface area contributed by atoms with Crippen LogP contribution in [0.15, 0.2) is 65.7 Å². The molecule has 2 heterocycles. The monoisotopic (exact) mass is 410 g/mol. The first-order valence-electron chi connectivity index (χ1n) is 8.90. The summed E-state index contributed by atoms with van der Waals surface area (Å²) in [6.07, 6.45) is 2.22. The summed E-state index contributed by atoms with van der Waals surface area (Å²) in [5, 5.41) is 9.10. The Labute approximate surface area is 168 Å². The highest BCUT2D eigenvalue weighted by atomic mass is 32.2. The number of carboxylic acid groups (broad SMARTS) is 1. The van der Waals surface area contributed by atoms with Crippen LogP contribution in [0.2, 0.25) is 0 Å². The molecular formula is C21H18N2O5S. The normalized spacial score (nSPS) is 13.2. The van der Waals surface area contributed by atoms with Crippen molar-refractivity contribution in [3.8, 4) is 17.0 Å². The lowest BCUT2D eigenvalue weighted by atomic mass is 10.1. The van der Waals surface area contributed by atoms with Crippen LogP contribution >= 0.6 is 0 Å². The summed E-state index contributed by atoms with van der Waals surface area (Å²) in [6, 6.07) is 14.3. The first kappa shape index (κ1) is 18.9. The fourth-order valence-corrected chi connectivity index (χ4v) is 4.92. The van der Waals surface area contributed by atoms with E-state index in [1.165, 1.54) is 35.7 Å². The maximum absolute atomic E-state index is 13.3. The molecule has 0 aliphatic carbocycles. The molecule has 7 nitrogen and oxygen atoms in total. The van der Waals surface area contributed by atoms with E-state index in [2.05, 4.69) is 4.98 Å². The first-order valence-corrected chi connectivity index (χ1v) is 10.3. The third-order valence-electron chi connectivity index (χ3n) is 4.89. The molecule has 148 valence electrons. The SMILES string of the molecule is COc1ccc(S(=O)(=O)N2CCc3ccnc(-c4ccc(C(=O)O)cc4)c32)cc1. The van der Waals surface area contributed by atoms with E-state index in [1.54, 1.807) is 30.5 Å². The number of ether oxygens (including phenoxy) is 1. The Morgan fingerprint density at radius 3 is 2.38 bits per heavy atom. The summed E-state index contributed by atoms with van der Waals surface area (Å²) in [6.45, 7) is 0.315. The van der Waals surface area contributed by atoms with Gasteiger partial charge in [-0.2, -0.15) is 0 Å². The Kier molecular flexibility index (Phi) is 4.71. The predicted octanol–water partition coefficient (Wildman–Crippen LogP) is 3.21. The topological polar surface area (TPSA) is 96.8 Å². The molecular weight excluding hydrogens is 392 g/mol. The molecule has 1 aliphatic heterocycles. The molecule has 0 fully saturated rings. The van der Waals surface area contributed by atoms with Crippen LogP contribution < -0.4 is 9.04 Å². The maximum Gasteiger partial charge on any atom is 0.335 e. The van der Waals surface area contributed by atoms with Crippen molar-refractivity contribution in [2.45, 2.75) is 11.3 Å². The van der Waals surface area contributed by atoms with E-state index in [0.717, 1.165) is 5.56 Å². The maximum atomic E-state index is 13.3. The zero-order chi connectivity index (χ0) is 20.6. The molecule has 29 heavy (non-hydrogen) atoms. The highest BCUT2D eigenvalue weighted by Crippen LogP contribution is 2.39. The minimum atomic E-state index is -3.79. The van der Waals surface area contributed by atoms with Crippen molar-refractivity contribution in [3.63, 3.8) is 0 Å². The van der Waals surface area contributed by atoms with Crippen molar-refractivity contribution in [2.24, 2.45) is 0 Å². The number of aromatic nitrogens is 1. The highest BCUT2D eigenvalue weighted by molar-refractivity contribution is 7.92. The van der Waals surface area contributed by atoms with E-state index >= 15 is 0 Å². The van der Waals surface area contributed by atoms with Crippen molar-refractivity contribution in [3.05, 3.63) is 71.9 Å². The summed E-state index contributed by atoms with van der Waals surface area (Å²) >= 11 is 0. The number of carboxylic acids is 1. The van der Waals surface area contributed by atoms with Gasteiger partial charge in [0.2, 0.25) is 0 Å². The van der Waals surface area contributed by atoms with Gasteiger partial charge in [0.05, 0.1) is 29.0 Å². The fraction of sp³-hybridized carbons (Fsp3) is 0.143. The zero-order valence-corrected chi connectivity index (χ0v) is 16.4. The minimum absolute atomic E-state index is 0.157. The van der Waals surface area contributed by atoms with Crippen molar-refractivity contribution in [2.75, 3.05) is 18.0 Å². The van der Waals surface area contributed by atoms with Gasteiger partial charge < -0.3 is 9.84 Å². The number of methoxy groups -OCH3 is 1. The van der Waals surface area contributed by atoms with E-state index in [1.807, 2.05) is 6.07 Å². The largest absolute Gasteiger partial charge is 0.497 e. The Balaban J connectivity index is 1.79. The highest BCUT2D eigenvalue weighted by Gasteiger charge is 2.33. The number of aromatic carboxylic acids is 1. The van der Waals surface area contributed by atoms with Gasteiger partial charge in [-0.1, -0.05) is 12.1 Å². The number of hydrogen-bond acceptors (Lipinski definition) is 5. The number of benzene rings is 2. The van der Waals surface area contributed by atoms with E-state index < -0.39 is 16.0 Å². The van der Waals surface area contributed by atoms with Crippen LogP contribution in [-0.2, 0) is 16.4 Å². The molecule has 3 aromatic rings. The van der Waals surface area contributed by atoms with Crippen LogP contribution in [0.1, 0.15) is 15.9 Å². The van der Waals surface area contributed by atoms with E-state index in [0.29, 0.717) is 35.7 Å². The summed E-state index contributed by atoms with van der Waals surface area (Å²) in [5.41, 5.74) is 2.74. The van der Waals surface area contributed by atoms with Gasteiger partial charge in [0.15, 0.2) is 0 Å². The summed E-state index contributed by atoms with van der Waals surface area (Å²) < 4.78 is 33.1. The Hall–Kier alpha value is -3.39. The van der Waals surface area contributed by atoms with Crippen LogP contribution in [0.3, 0.4) is 0 Å². The molecule has 1 aliphatic rings. The second-order valence-corrected chi connectivity index (χ2v) is 8.41. The molecule has 4 rings (SSSR count). The molecule has 0 radical (unpaired) electrons. The molecule has 2 aromatic carbocycles. The predicted molar refractivity (Wildman–Crippen MR) is 108 cm³/mol. The zero-order valence-electron chi connectivity index (χ0n) is 15.6. The summed E-state index contributed by atoms with van der Waals surface area (Å²) in [5.74, 6) is -0.446. The molecule has 0 saturated carbocycles. The van der Waals surface area contributed by atoms with Gasteiger partial charge in [-0.25, -0.2) is 13.2 Å². The number of carbonyl (C=O) groups is 1. The van der Waals surface area contributed by atoms with Gasteiger partial charge in [0, 0.05) is 18.3 Å². The smallest absolute Gasteiger partial charge is 0.335 e. The van der Waals surface area contributed by atoms with Crippen LogP contribution in [0, 0.1) is 0 Å². The first-order chi connectivity index (χ1) is 13.9. The van der Waals surface area contributed by atoms with E-state index in [-0.39, 0.29) is 10.5 Å². The molecule has 0 atom stereocenters. The number of hydrogen-bond donors (Lipinski definition) is 1.